The number of fused-ring (bicyclic) bond motifs is 1. The van der Waals surface area contributed by atoms with Crippen LogP contribution in [0.3, 0.4) is 0 Å². The summed E-state index contributed by atoms with van der Waals surface area (Å²) in [6.45, 7) is 1.91. The van der Waals surface area contributed by atoms with Crippen LogP contribution in [0.15, 0.2) is 40.8 Å². The van der Waals surface area contributed by atoms with E-state index in [1.165, 1.54) is 43.4 Å². The Balaban J connectivity index is 2.34. The van der Waals surface area contributed by atoms with Gasteiger partial charge in [0.05, 0.1) is 18.6 Å². The summed E-state index contributed by atoms with van der Waals surface area (Å²) in [7, 11) is -2.30. The van der Waals surface area contributed by atoms with Crippen molar-refractivity contribution < 1.29 is 36.3 Å². The summed E-state index contributed by atoms with van der Waals surface area (Å²) in [6, 6.07) is 7.88. The van der Waals surface area contributed by atoms with Crippen LogP contribution in [0.5, 0.6) is 5.75 Å². The first-order valence-electron chi connectivity index (χ1n) is 8.97. The lowest BCUT2D eigenvalue weighted by Gasteiger charge is -2.20. The summed E-state index contributed by atoms with van der Waals surface area (Å²) in [6.07, 6.45) is -0.294. The molecule has 3 rings (SSSR count). The first-order chi connectivity index (χ1) is 14.5. The number of hydrogen-bond acceptors (Lipinski definition) is 7. The topological polar surface area (TPSA) is 129 Å². The number of rotatable bonds is 6. The van der Waals surface area contributed by atoms with E-state index in [0.717, 1.165) is 10.6 Å². The van der Waals surface area contributed by atoms with Gasteiger partial charge in [0.1, 0.15) is 28.5 Å². The molecular weight excluding hydrogens is 431 g/mol. The van der Waals surface area contributed by atoms with E-state index in [2.05, 4.69) is 4.74 Å². The number of carbonyl (C=O) groups excluding carboxylic acids is 2. The number of hydrogen-bond donors (Lipinski definition) is 1. The van der Waals surface area contributed by atoms with Gasteiger partial charge in [0.2, 0.25) is 10.0 Å². The first kappa shape index (κ1) is 22.1. The fourth-order valence-corrected chi connectivity index (χ4v) is 3.46. The normalized spacial score (nSPS) is 11.4. The Labute approximate surface area is 177 Å². The minimum absolute atomic E-state index is 0.0112. The van der Waals surface area contributed by atoms with Crippen molar-refractivity contribution in [3.63, 3.8) is 0 Å². The number of nitrogens with two attached hydrogens (primary N) is 1. The zero-order valence-electron chi connectivity index (χ0n) is 16.8. The van der Waals surface area contributed by atoms with E-state index < -0.39 is 27.9 Å². The molecule has 0 spiro atoms. The van der Waals surface area contributed by atoms with E-state index in [0.29, 0.717) is 5.56 Å². The molecule has 0 fully saturated rings. The Hall–Kier alpha value is -3.60. The highest BCUT2D eigenvalue weighted by molar-refractivity contribution is 7.92. The summed E-state index contributed by atoms with van der Waals surface area (Å²) in [5.74, 6) is -1.44. The number of carbonyl (C=O) groups is 2. The van der Waals surface area contributed by atoms with E-state index >= 15 is 0 Å². The standard InChI is InChI=1S/C20H19FN2O7S/c1-4-28-16-9-13-15(10-14(16)23(2)31(3,26)27)29-18(11-5-7-12(21)8-6-11)17(13)19(24)30-20(22)25/h5-10H,4H2,1-3H3,(H2,22,25). The van der Waals surface area contributed by atoms with Gasteiger partial charge in [-0.05, 0) is 37.3 Å². The van der Waals surface area contributed by atoms with E-state index in [4.69, 9.17) is 14.9 Å². The number of anilines is 1. The molecule has 0 bridgehead atoms. The molecule has 1 aromatic heterocycles. The number of nitrogens with zero attached hydrogens (tertiary/aromatic N) is 1. The molecule has 2 aromatic carbocycles. The number of ether oxygens (including phenoxy) is 2. The van der Waals surface area contributed by atoms with Gasteiger partial charge in [-0.15, -0.1) is 0 Å². The molecule has 31 heavy (non-hydrogen) atoms. The quantitative estimate of drug-likeness (QED) is 0.451. The fraction of sp³-hybridized carbons (Fsp3) is 0.200. The minimum Gasteiger partial charge on any atom is -0.492 e. The molecule has 2 N–H and O–H groups in total. The lowest BCUT2D eigenvalue weighted by atomic mass is 10.0. The Morgan fingerprint density at radius 2 is 1.84 bits per heavy atom. The van der Waals surface area contributed by atoms with Crippen molar-refractivity contribution in [3.8, 4) is 17.1 Å². The van der Waals surface area contributed by atoms with Crippen LogP contribution < -0.4 is 14.8 Å². The summed E-state index contributed by atoms with van der Waals surface area (Å²) in [5.41, 5.74) is 5.45. The Morgan fingerprint density at radius 3 is 2.39 bits per heavy atom. The van der Waals surface area contributed by atoms with Crippen LogP contribution >= 0.6 is 0 Å². The van der Waals surface area contributed by atoms with Gasteiger partial charge in [0.15, 0.2) is 0 Å². The maximum absolute atomic E-state index is 13.4. The lowest BCUT2D eigenvalue weighted by molar-refractivity contribution is 0.0640. The minimum atomic E-state index is -3.64. The van der Waals surface area contributed by atoms with Gasteiger partial charge in [0, 0.05) is 24.1 Å². The molecule has 1 heterocycles. The summed E-state index contributed by atoms with van der Waals surface area (Å²) in [5, 5.41) is 0.194. The van der Waals surface area contributed by atoms with Crippen LogP contribution in [0.25, 0.3) is 22.3 Å². The third-order valence-corrected chi connectivity index (χ3v) is 5.60. The average molecular weight is 450 g/mol. The number of benzene rings is 2. The summed E-state index contributed by atoms with van der Waals surface area (Å²) in [4.78, 5) is 23.8. The van der Waals surface area contributed by atoms with Gasteiger partial charge >= 0.3 is 12.1 Å². The van der Waals surface area contributed by atoms with Crippen molar-refractivity contribution in [1.29, 1.82) is 0 Å². The predicted molar refractivity (Wildman–Crippen MR) is 111 cm³/mol. The van der Waals surface area contributed by atoms with Crippen LogP contribution in [0.2, 0.25) is 0 Å². The van der Waals surface area contributed by atoms with Crippen LogP contribution in [-0.2, 0) is 14.8 Å². The first-order valence-corrected chi connectivity index (χ1v) is 10.8. The van der Waals surface area contributed by atoms with Gasteiger partial charge < -0.3 is 19.6 Å². The van der Waals surface area contributed by atoms with E-state index in [9.17, 15) is 22.4 Å². The number of halogens is 1. The second-order valence-corrected chi connectivity index (χ2v) is 8.51. The maximum Gasteiger partial charge on any atom is 0.412 e. The van der Waals surface area contributed by atoms with Gasteiger partial charge in [-0.25, -0.2) is 22.4 Å². The molecule has 9 nitrogen and oxygen atoms in total. The molecule has 0 radical (unpaired) electrons. The van der Waals surface area contributed by atoms with Crippen molar-refractivity contribution in [1.82, 2.24) is 0 Å². The number of primary amides is 1. The average Bonchev–Trinajstić information content (AvgIpc) is 3.04. The molecule has 0 saturated carbocycles. The zero-order valence-corrected chi connectivity index (χ0v) is 17.7. The van der Waals surface area contributed by atoms with Crippen molar-refractivity contribution >= 4 is 38.7 Å². The van der Waals surface area contributed by atoms with Crippen LogP contribution in [0.1, 0.15) is 17.3 Å². The molecule has 0 aliphatic carbocycles. The van der Waals surface area contributed by atoms with Gasteiger partial charge in [-0.3, -0.25) is 4.31 Å². The molecule has 1 amide bonds. The second kappa shape index (κ2) is 8.26. The molecule has 0 aliphatic rings. The fourth-order valence-electron chi connectivity index (χ4n) is 2.96. The summed E-state index contributed by atoms with van der Waals surface area (Å²) < 4.78 is 54.4. The number of esters is 1. The third kappa shape index (κ3) is 4.45. The predicted octanol–water partition coefficient (Wildman–Crippen LogP) is 3.27. The zero-order chi connectivity index (χ0) is 22.9. The lowest BCUT2D eigenvalue weighted by Crippen LogP contribution is -2.25. The molecule has 0 aliphatic heterocycles. The van der Waals surface area contributed by atoms with Gasteiger partial charge in [-0.2, -0.15) is 0 Å². The molecule has 11 heteroatoms. The third-order valence-electron chi connectivity index (χ3n) is 4.41. The largest absolute Gasteiger partial charge is 0.492 e. The Kier molecular flexibility index (Phi) is 5.89. The van der Waals surface area contributed by atoms with E-state index in [-0.39, 0.29) is 40.3 Å². The van der Waals surface area contributed by atoms with Crippen molar-refractivity contribution in [3.05, 3.63) is 47.8 Å². The summed E-state index contributed by atoms with van der Waals surface area (Å²) >= 11 is 0. The highest BCUT2D eigenvalue weighted by Crippen LogP contribution is 2.41. The SMILES string of the molecule is CCOc1cc2c(C(=O)OC(N)=O)c(-c3ccc(F)cc3)oc2cc1N(C)S(C)(=O)=O. The molecule has 3 aromatic rings. The maximum atomic E-state index is 13.4. The molecule has 0 saturated heterocycles. The Morgan fingerprint density at radius 1 is 1.19 bits per heavy atom. The van der Waals surface area contributed by atoms with E-state index in [1.54, 1.807) is 6.92 Å². The highest BCUT2D eigenvalue weighted by atomic mass is 32.2. The smallest absolute Gasteiger partial charge is 0.412 e. The Bertz CT molecular complexity index is 1270. The number of furan rings is 1. The van der Waals surface area contributed by atoms with E-state index in [1.807, 2.05) is 0 Å². The van der Waals surface area contributed by atoms with Crippen LogP contribution in [0, 0.1) is 5.82 Å². The number of amides is 1. The molecule has 0 unspecified atom stereocenters. The molecular formula is C20H19FN2O7S. The number of sulfonamides is 1. The highest BCUT2D eigenvalue weighted by Gasteiger charge is 2.28. The second-order valence-electron chi connectivity index (χ2n) is 6.50. The van der Waals surface area contributed by atoms with Gasteiger partial charge in [0.25, 0.3) is 0 Å². The monoisotopic (exact) mass is 450 g/mol. The van der Waals surface area contributed by atoms with Crippen LogP contribution in [-0.4, -0.2) is 40.4 Å². The van der Waals surface area contributed by atoms with Gasteiger partial charge in [-0.1, -0.05) is 0 Å². The van der Waals surface area contributed by atoms with Crippen LogP contribution in [0.4, 0.5) is 14.9 Å². The molecule has 164 valence electrons. The van der Waals surface area contributed by atoms with Crippen molar-refractivity contribution in [2.45, 2.75) is 6.92 Å². The van der Waals surface area contributed by atoms with Crippen molar-refractivity contribution in [2.24, 2.45) is 5.73 Å². The van der Waals surface area contributed by atoms with Crippen molar-refractivity contribution in [2.75, 3.05) is 24.2 Å². The molecule has 0 atom stereocenters.